The van der Waals surface area contributed by atoms with Crippen molar-refractivity contribution in [3.8, 4) is 0 Å². The minimum Gasteiger partial charge on any atom is -0.289 e. The second kappa shape index (κ2) is 3.63. The van der Waals surface area contributed by atoms with Gasteiger partial charge in [-0.2, -0.15) is 0 Å². The Balaban J connectivity index is 2.33. The van der Waals surface area contributed by atoms with Gasteiger partial charge in [0.05, 0.1) is 0 Å². The van der Waals surface area contributed by atoms with Gasteiger partial charge in [-0.1, -0.05) is 53.7 Å². The average Bonchev–Trinajstić information content (AvgIpc) is 2.40. The van der Waals surface area contributed by atoms with E-state index in [0.29, 0.717) is 22.3 Å². The third-order valence-corrected chi connectivity index (χ3v) is 3.11. The largest absolute Gasteiger partial charge is 0.289 e. The highest BCUT2D eigenvalue weighted by Crippen LogP contribution is 2.36. The molecule has 0 amide bonds. The Bertz CT molecular complexity index is 570. The third kappa shape index (κ3) is 1.32. The van der Waals surface area contributed by atoms with E-state index in [0.717, 1.165) is 0 Å². The van der Waals surface area contributed by atoms with Crippen LogP contribution in [0.3, 0.4) is 0 Å². The monoisotopic (exact) mass is 223 g/mol. The van der Waals surface area contributed by atoms with Crippen molar-refractivity contribution in [2.45, 2.75) is 6.04 Å². The lowest BCUT2D eigenvalue weighted by atomic mass is 9.82. The predicted octanol–water partition coefficient (Wildman–Crippen LogP) is 3.09. The Morgan fingerprint density at radius 3 is 1.76 bits per heavy atom. The van der Waals surface area contributed by atoms with Crippen molar-refractivity contribution in [1.82, 2.24) is 0 Å². The molecule has 0 fully saturated rings. The lowest BCUT2D eigenvalue weighted by molar-refractivity contribution is 0.103. The number of carbonyl (C=O) groups excluding carboxylic acids is 1. The van der Waals surface area contributed by atoms with Crippen molar-refractivity contribution in [1.29, 1.82) is 0 Å². The molecule has 0 radical (unpaired) electrons. The molecule has 0 saturated carbocycles. The molecule has 2 aromatic rings. The van der Waals surface area contributed by atoms with E-state index in [9.17, 15) is 9.70 Å². The van der Waals surface area contributed by atoms with Crippen LogP contribution in [0, 0.1) is 4.91 Å². The van der Waals surface area contributed by atoms with Gasteiger partial charge in [-0.15, -0.1) is 4.91 Å². The fourth-order valence-corrected chi connectivity index (χ4v) is 2.31. The summed E-state index contributed by atoms with van der Waals surface area (Å²) in [6, 6.07) is 13.7. The number of hydrogen-bond acceptors (Lipinski definition) is 3. The first-order chi connectivity index (χ1) is 8.33. The molecule has 3 rings (SSSR count). The van der Waals surface area contributed by atoms with Crippen LogP contribution in [0.25, 0.3) is 0 Å². The summed E-state index contributed by atoms with van der Waals surface area (Å²) in [4.78, 5) is 23.3. The van der Waals surface area contributed by atoms with Crippen LogP contribution in [0.15, 0.2) is 53.7 Å². The fourth-order valence-electron chi connectivity index (χ4n) is 2.31. The van der Waals surface area contributed by atoms with Crippen LogP contribution in [0.2, 0.25) is 0 Å². The molecule has 0 bridgehead atoms. The first kappa shape index (κ1) is 9.90. The third-order valence-electron chi connectivity index (χ3n) is 3.11. The van der Waals surface area contributed by atoms with Gasteiger partial charge in [0.1, 0.15) is 6.04 Å². The predicted molar refractivity (Wildman–Crippen MR) is 64.0 cm³/mol. The second-order valence-corrected chi connectivity index (χ2v) is 4.01. The minimum atomic E-state index is -0.569. The number of nitrogens with zero attached hydrogens (tertiary/aromatic N) is 1. The lowest BCUT2D eigenvalue weighted by Crippen LogP contribution is -2.17. The van der Waals surface area contributed by atoms with Crippen LogP contribution in [-0.4, -0.2) is 5.78 Å². The summed E-state index contributed by atoms with van der Waals surface area (Å²) in [5.74, 6) is -0.0314. The first-order valence-corrected chi connectivity index (χ1v) is 5.38. The van der Waals surface area contributed by atoms with Crippen molar-refractivity contribution in [2.75, 3.05) is 0 Å². The molecule has 0 saturated heterocycles. The molecule has 82 valence electrons. The second-order valence-electron chi connectivity index (χ2n) is 4.01. The van der Waals surface area contributed by atoms with Crippen molar-refractivity contribution < 1.29 is 4.79 Å². The zero-order valence-electron chi connectivity index (χ0n) is 8.96. The van der Waals surface area contributed by atoms with Crippen LogP contribution < -0.4 is 0 Å². The molecule has 0 N–H and O–H groups in total. The Hall–Kier alpha value is -2.29. The summed E-state index contributed by atoms with van der Waals surface area (Å²) < 4.78 is 0. The van der Waals surface area contributed by atoms with Gasteiger partial charge in [-0.25, -0.2) is 0 Å². The normalized spacial score (nSPS) is 14.0. The number of benzene rings is 2. The maximum atomic E-state index is 12.2. The number of hydrogen-bond donors (Lipinski definition) is 0. The average molecular weight is 223 g/mol. The molecule has 0 heterocycles. The van der Waals surface area contributed by atoms with Gasteiger partial charge in [-0.05, 0) is 11.1 Å². The highest BCUT2D eigenvalue weighted by atomic mass is 16.3. The number of carbonyl (C=O) groups is 1. The summed E-state index contributed by atoms with van der Waals surface area (Å²) in [5.41, 5.74) is 2.56. The molecule has 0 unspecified atom stereocenters. The summed E-state index contributed by atoms with van der Waals surface area (Å²) >= 11 is 0. The fraction of sp³-hybridized carbons (Fsp3) is 0.0714. The summed E-state index contributed by atoms with van der Waals surface area (Å²) in [6.45, 7) is 0. The Labute approximate surface area is 98.1 Å². The molecule has 3 nitrogen and oxygen atoms in total. The molecule has 3 heteroatoms. The van der Waals surface area contributed by atoms with E-state index in [1.807, 2.05) is 12.1 Å². The highest BCUT2D eigenvalue weighted by Gasteiger charge is 2.30. The topological polar surface area (TPSA) is 46.5 Å². The van der Waals surface area contributed by atoms with Crippen molar-refractivity contribution >= 4 is 5.78 Å². The summed E-state index contributed by atoms with van der Waals surface area (Å²) in [5, 5.41) is 3.16. The van der Waals surface area contributed by atoms with Crippen LogP contribution in [-0.2, 0) is 0 Å². The molecule has 17 heavy (non-hydrogen) atoms. The van der Waals surface area contributed by atoms with Crippen LogP contribution in [0.1, 0.15) is 33.1 Å². The zero-order chi connectivity index (χ0) is 11.8. The number of nitroso groups, excluding NO2 is 1. The molecule has 2 aromatic carbocycles. The van der Waals surface area contributed by atoms with Gasteiger partial charge in [0.25, 0.3) is 0 Å². The SMILES string of the molecule is O=NC1c2ccccc2C(=O)c2ccccc21. The minimum absolute atomic E-state index is 0.0314. The van der Waals surface area contributed by atoms with Gasteiger partial charge >= 0.3 is 0 Å². The first-order valence-electron chi connectivity index (χ1n) is 5.38. The van der Waals surface area contributed by atoms with Gasteiger partial charge in [0.2, 0.25) is 0 Å². The quantitative estimate of drug-likeness (QED) is 0.697. The molecular weight excluding hydrogens is 214 g/mol. The smallest absolute Gasteiger partial charge is 0.193 e. The number of fused-ring (bicyclic) bond motifs is 2. The number of rotatable bonds is 1. The van der Waals surface area contributed by atoms with Crippen molar-refractivity contribution in [3.63, 3.8) is 0 Å². The van der Waals surface area contributed by atoms with E-state index in [1.165, 1.54) is 0 Å². The Kier molecular flexibility index (Phi) is 2.11. The molecule has 0 atom stereocenters. The van der Waals surface area contributed by atoms with Crippen molar-refractivity contribution in [3.05, 3.63) is 75.7 Å². The molecule has 0 aromatic heterocycles. The van der Waals surface area contributed by atoms with E-state index < -0.39 is 6.04 Å². The molecule has 0 spiro atoms. The standard InChI is InChI=1S/C14H9NO2/c16-14-11-7-3-1-5-9(11)13(15-17)10-6-2-4-8-12(10)14/h1-8,13H. The molecule has 1 aliphatic rings. The van der Waals surface area contributed by atoms with E-state index in [1.54, 1.807) is 36.4 Å². The van der Waals surface area contributed by atoms with E-state index in [2.05, 4.69) is 5.18 Å². The van der Waals surface area contributed by atoms with Gasteiger partial charge in [-0.3, -0.25) is 4.79 Å². The Morgan fingerprint density at radius 2 is 1.29 bits per heavy atom. The van der Waals surface area contributed by atoms with Gasteiger partial charge < -0.3 is 0 Å². The van der Waals surface area contributed by atoms with Crippen molar-refractivity contribution in [2.24, 2.45) is 5.18 Å². The molecular formula is C14H9NO2. The lowest BCUT2D eigenvalue weighted by Gasteiger charge is -2.22. The van der Waals surface area contributed by atoms with Crippen LogP contribution in [0.4, 0.5) is 0 Å². The molecule has 1 aliphatic carbocycles. The Morgan fingerprint density at radius 1 is 0.824 bits per heavy atom. The van der Waals surface area contributed by atoms with E-state index in [4.69, 9.17) is 0 Å². The zero-order valence-corrected chi connectivity index (χ0v) is 8.96. The van der Waals surface area contributed by atoms with Crippen LogP contribution >= 0.6 is 0 Å². The molecule has 0 aliphatic heterocycles. The number of ketones is 1. The van der Waals surface area contributed by atoms with Gasteiger partial charge in [0.15, 0.2) is 5.78 Å². The van der Waals surface area contributed by atoms with E-state index in [-0.39, 0.29) is 5.78 Å². The summed E-state index contributed by atoms with van der Waals surface area (Å²) in [6.07, 6.45) is 0. The van der Waals surface area contributed by atoms with E-state index >= 15 is 0 Å². The van der Waals surface area contributed by atoms with Crippen LogP contribution in [0.5, 0.6) is 0 Å². The maximum absolute atomic E-state index is 12.2. The summed E-state index contributed by atoms with van der Waals surface area (Å²) in [7, 11) is 0. The van der Waals surface area contributed by atoms with Gasteiger partial charge in [0, 0.05) is 11.1 Å². The highest BCUT2D eigenvalue weighted by molar-refractivity contribution is 6.12. The maximum Gasteiger partial charge on any atom is 0.193 e.